The van der Waals surface area contributed by atoms with E-state index in [0.29, 0.717) is 0 Å². The zero-order valence-corrected chi connectivity index (χ0v) is 14.6. The second-order valence-electron chi connectivity index (χ2n) is 7.31. The number of rotatable bonds is 9. The third-order valence-electron chi connectivity index (χ3n) is 5.40. The van der Waals surface area contributed by atoms with Crippen molar-refractivity contribution in [3.05, 3.63) is 35.4 Å². The molecule has 0 saturated heterocycles. The maximum atomic E-state index is 10.7. The number of carbonyl (C=O) groups is 1. The van der Waals surface area contributed by atoms with Gasteiger partial charge in [-0.1, -0.05) is 82.6 Å². The van der Waals surface area contributed by atoms with Crippen molar-refractivity contribution >= 4 is 5.97 Å². The summed E-state index contributed by atoms with van der Waals surface area (Å²) in [7, 11) is 0. The highest BCUT2D eigenvalue weighted by Gasteiger charge is 2.20. The van der Waals surface area contributed by atoms with E-state index in [1.807, 2.05) is 12.1 Å². The monoisotopic (exact) mass is 316 g/mol. The third-order valence-corrected chi connectivity index (χ3v) is 5.40. The summed E-state index contributed by atoms with van der Waals surface area (Å²) < 4.78 is 0. The van der Waals surface area contributed by atoms with Gasteiger partial charge >= 0.3 is 5.97 Å². The molecule has 1 saturated carbocycles. The average Bonchev–Trinajstić information content (AvgIpc) is 2.55. The molecule has 2 rings (SSSR count). The van der Waals surface area contributed by atoms with Crippen LogP contribution in [0.5, 0.6) is 0 Å². The maximum absolute atomic E-state index is 10.7. The summed E-state index contributed by atoms with van der Waals surface area (Å²) in [5, 5.41) is 8.80. The van der Waals surface area contributed by atoms with Crippen LogP contribution in [0.25, 0.3) is 0 Å². The van der Waals surface area contributed by atoms with Crippen molar-refractivity contribution in [2.45, 2.75) is 77.6 Å². The normalized spacial score (nSPS) is 21.3. The van der Waals surface area contributed by atoms with Crippen molar-refractivity contribution in [3.8, 4) is 0 Å². The molecule has 1 aliphatic rings. The van der Waals surface area contributed by atoms with Gasteiger partial charge < -0.3 is 5.11 Å². The number of aryl methyl sites for hydroxylation is 1. The first-order valence-electron chi connectivity index (χ1n) is 9.47. The number of unbranched alkanes of at least 4 members (excludes halogenated alkanes) is 2. The van der Waals surface area contributed by atoms with Crippen LogP contribution >= 0.6 is 0 Å². The Labute approximate surface area is 141 Å². The smallest absolute Gasteiger partial charge is 0.307 e. The van der Waals surface area contributed by atoms with Gasteiger partial charge in [0.2, 0.25) is 0 Å². The molecular formula is C21H32O2. The molecule has 1 aromatic rings. The summed E-state index contributed by atoms with van der Waals surface area (Å²) in [5.41, 5.74) is 2.25. The number of carboxylic acid groups (broad SMARTS) is 1. The molecule has 0 amide bonds. The zero-order chi connectivity index (χ0) is 16.5. The van der Waals surface area contributed by atoms with E-state index in [-0.39, 0.29) is 6.42 Å². The van der Waals surface area contributed by atoms with Gasteiger partial charge in [-0.15, -0.1) is 0 Å². The lowest BCUT2D eigenvalue weighted by Gasteiger charge is -2.28. The van der Waals surface area contributed by atoms with Crippen LogP contribution < -0.4 is 0 Å². The van der Waals surface area contributed by atoms with Gasteiger partial charge in [0.1, 0.15) is 0 Å². The van der Waals surface area contributed by atoms with Crippen LogP contribution in [-0.2, 0) is 17.6 Å². The molecule has 0 spiro atoms. The zero-order valence-electron chi connectivity index (χ0n) is 14.6. The van der Waals surface area contributed by atoms with Crippen LogP contribution in [0, 0.1) is 11.8 Å². The van der Waals surface area contributed by atoms with Crippen molar-refractivity contribution in [3.63, 3.8) is 0 Å². The highest BCUT2D eigenvalue weighted by molar-refractivity contribution is 5.70. The molecule has 128 valence electrons. The molecule has 0 atom stereocenters. The minimum atomic E-state index is -0.756. The second-order valence-corrected chi connectivity index (χ2v) is 7.31. The molecule has 23 heavy (non-hydrogen) atoms. The van der Waals surface area contributed by atoms with Crippen LogP contribution in [0.4, 0.5) is 0 Å². The van der Waals surface area contributed by atoms with E-state index < -0.39 is 5.97 Å². The van der Waals surface area contributed by atoms with Gasteiger partial charge in [0, 0.05) is 0 Å². The molecule has 0 radical (unpaired) electrons. The lowest BCUT2D eigenvalue weighted by molar-refractivity contribution is -0.136. The Morgan fingerprint density at radius 3 is 2.09 bits per heavy atom. The molecular weight excluding hydrogens is 284 g/mol. The molecule has 0 heterocycles. The minimum absolute atomic E-state index is 0.127. The molecule has 0 aromatic heterocycles. The summed E-state index contributed by atoms with van der Waals surface area (Å²) in [5.74, 6) is 1.14. The molecule has 1 fully saturated rings. The van der Waals surface area contributed by atoms with Gasteiger partial charge in [-0.05, 0) is 35.8 Å². The van der Waals surface area contributed by atoms with Crippen LogP contribution in [0.2, 0.25) is 0 Å². The lowest BCUT2D eigenvalue weighted by Crippen LogP contribution is -2.15. The Balaban J connectivity index is 1.66. The summed E-state index contributed by atoms with van der Waals surface area (Å²) in [6, 6.07) is 8.14. The van der Waals surface area contributed by atoms with E-state index in [4.69, 9.17) is 5.11 Å². The Bertz CT molecular complexity index is 455. The van der Waals surface area contributed by atoms with Crippen LogP contribution in [0.3, 0.4) is 0 Å². The van der Waals surface area contributed by atoms with Crippen molar-refractivity contribution in [1.82, 2.24) is 0 Å². The van der Waals surface area contributed by atoms with Crippen molar-refractivity contribution in [1.29, 1.82) is 0 Å². The number of hydrogen-bond acceptors (Lipinski definition) is 1. The Morgan fingerprint density at radius 2 is 1.52 bits per heavy atom. The summed E-state index contributed by atoms with van der Waals surface area (Å²) in [6.45, 7) is 2.28. The van der Waals surface area contributed by atoms with Gasteiger partial charge in [-0.3, -0.25) is 4.79 Å². The van der Waals surface area contributed by atoms with E-state index in [9.17, 15) is 4.79 Å². The molecule has 0 unspecified atom stereocenters. The van der Waals surface area contributed by atoms with Gasteiger partial charge in [0.15, 0.2) is 0 Å². The van der Waals surface area contributed by atoms with Crippen molar-refractivity contribution in [2.24, 2.45) is 11.8 Å². The summed E-state index contributed by atoms with van der Waals surface area (Å²) in [6.07, 6.45) is 13.9. The second kappa shape index (κ2) is 9.75. The molecule has 1 aliphatic carbocycles. The van der Waals surface area contributed by atoms with Crippen LogP contribution in [0.15, 0.2) is 24.3 Å². The van der Waals surface area contributed by atoms with Gasteiger partial charge in [-0.25, -0.2) is 0 Å². The third kappa shape index (κ3) is 6.76. The first-order valence-corrected chi connectivity index (χ1v) is 9.47. The lowest BCUT2D eigenvalue weighted by atomic mass is 9.78. The van der Waals surface area contributed by atoms with E-state index in [1.165, 1.54) is 63.4 Å². The number of benzene rings is 1. The molecule has 2 nitrogen and oxygen atoms in total. The predicted octanol–water partition coefficient (Wildman–Crippen LogP) is 5.63. The molecule has 0 bridgehead atoms. The first-order chi connectivity index (χ1) is 11.2. The summed E-state index contributed by atoms with van der Waals surface area (Å²) in [4.78, 5) is 10.7. The van der Waals surface area contributed by atoms with E-state index >= 15 is 0 Å². The fourth-order valence-corrected chi connectivity index (χ4v) is 3.86. The number of carboxylic acids is 1. The number of hydrogen-bond donors (Lipinski definition) is 1. The Kier molecular flexibility index (Phi) is 7.64. The van der Waals surface area contributed by atoms with E-state index in [1.54, 1.807) is 0 Å². The quantitative estimate of drug-likeness (QED) is 0.599. The van der Waals surface area contributed by atoms with Gasteiger partial charge in [-0.2, -0.15) is 0 Å². The van der Waals surface area contributed by atoms with E-state index in [0.717, 1.165) is 23.8 Å². The van der Waals surface area contributed by atoms with Gasteiger partial charge in [0.05, 0.1) is 6.42 Å². The predicted molar refractivity (Wildman–Crippen MR) is 95.7 cm³/mol. The maximum Gasteiger partial charge on any atom is 0.307 e. The van der Waals surface area contributed by atoms with Crippen LogP contribution in [-0.4, -0.2) is 11.1 Å². The fraction of sp³-hybridized carbons (Fsp3) is 0.667. The standard InChI is InChI=1S/C21H32O2/c1-2-3-4-5-17-6-8-18(9-7-17)10-11-19-12-14-20(15-13-19)16-21(22)23/h12-15,17-18H,2-11,16H2,1H3,(H,22,23)/t17-,18-. The molecule has 1 N–H and O–H groups in total. The molecule has 0 aliphatic heterocycles. The Hall–Kier alpha value is -1.31. The van der Waals surface area contributed by atoms with Crippen LogP contribution in [0.1, 0.15) is 75.8 Å². The Morgan fingerprint density at radius 1 is 0.957 bits per heavy atom. The largest absolute Gasteiger partial charge is 0.481 e. The van der Waals surface area contributed by atoms with Crippen molar-refractivity contribution < 1.29 is 9.90 Å². The molecule has 1 aromatic carbocycles. The first kappa shape index (κ1) is 18.0. The van der Waals surface area contributed by atoms with Gasteiger partial charge in [0.25, 0.3) is 0 Å². The fourth-order valence-electron chi connectivity index (χ4n) is 3.86. The average molecular weight is 316 g/mol. The van der Waals surface area contributed by atoms with Crippen molar-refractivity contribution in [2.75, 3.05) is 0 Å². The molecule has 2 heteroatoms. The SMILES string of the molecule is CCCCC[C@H]1CC[C@H](CCc2ccc(CC(=O)O)cc2)CC1. The number of aliphatic carboxylic acids is 1. The highest BCUT2D eigenvalue weighted by Crippen LogP contribution is 2.34. The highest BCUT2D eigenvalue weighted by atomic mass is 16.4. The van der Waals surface area contributed by atoms with E-state index in [2.05, 4.69) is 19.1 Å². The topological polar surface area (TPSA) is 37.3 Å². The summed E-state index contributed by atoms with van der Waals surface area (Å²) >= 11 is 0. The minimum Gasteiger partial charge on any atom is -0.481 e.